The summed E-state index contributed by atoms with van der Waals surface area (Å²) in [6.07, 6.45) is -7.89. The molecule has 4 N–H and O–H groups in total. The number of fused-ring (bicyclic) bond motifs is 1. The summed E-state index contributed by atoms with van der Waals surface area (Å²) in [6.45, 7) is 2.02. The molecule has 162 valence electrons. The van der Waals surface area contributed by atoms with Gasteiger partial charge < -0.3 is 9.47 Å². The zero-order valence-electron chi connectivity index (χ0n) is 15.3. The number of alkyl halides is 3. The van der Waals surface area contributed by atoms with Crippen LogP contribution in [0.1, 0.15) is 16.7 Å². The number of hydrogen-bond donors (Lipinski definition) is 4. The largest absolute Gasteiger partial charge is 0.475 e. The van der Waals surface area contributed by atoms with Crippen LogP contribution in [-0.2, 0) is 19.2 Å². The lowest BCUT2D eigenvalue weighted by molar-refractivity contribution is -0.495. The number of esters is 1. The van der Waals surface area contributed by atoms with Crippen molar-refractivity contribution in [2.75, 3.05) is 13.2 Å². The molecule has 2 rings (SSSR count). The van der Waals surface area contributed by atoms with E-state index in [4.69, 9.17) is 25.1 Å². The quantitative estimate of drug-likeness (QED) is 0.362. The Kier molecular flexibility index (Phi) is 7.54. The van der Waals surface area contributed by atoms with Gasteiger partial charge in [0, 0.05) is 5.56 Å². The first kappa shape index (κ1) is 23.0. The summed E-state index contributed by atoms with van der Waals surface area (Å²) in [5, 5.41) is 24.9. The first-order chi connectivity index (χ1) is 13.5. The van der Waals surface area contributed by atoms with E-state index in [0.29, 0.717) is 5.56 Å². The molecule has 0 spiro atoms. The number of ether oxygens (including phenoxy) is 2. The third kappa shape index (κ3) is 6.11. The molecule has 2 atom stereocenters. The molecule has 0 saturated carbocycles. The summed E-state index contributed by atoms with van der Waals surface area (Å²) in [6, 6.07) is 3.20. The normalized spacial score (nSPS) is 17.4. The second-order valence-electron chi connectivity index (χ2n) is 6.12. The molecule has 1 aliphatic heterocycles. The number of carbonyl (C=O) groups excluding carboxylic acids is 1. The maximum absolute atomic E-state index is 13.5. The van der Waals surface area contributed by atoms with Crippen LogP contribution in [0.2, 0.25) is 0 Å². The van der Waals surface area contributed by atoms with Gasteiger partial charge in [-0.15, -0.1) is 0 Å². The number of aryl methyl sites for hydroxylation is 2. The van der Waals surface area contributed by atoms with Gasteiger partial charge in [-0.2, -0.15) is 13.2 Å². The Morgan fingerprint density at radius 1 is 1.31 bits per heavy atom. The molecule has 1 aromatic carbocycles. The minimum Gasteiger partial charge on any atom is -0.475 e. The molecule has 0 saturated heterocycles. The van der Waals surface area contributed by atoms with E-state index >= 15 is 0 Å². The number of carbonyl (C=O) groups is 1. The second kappa shape index (κ2) is 9.49. The third-order valence-corrected chi connectivity index (χ3v) is 3.79. The van der Waals surface area contributed by atoms with Crippen LogP contribution in [0.15, 0.2) is 17.7 Å². The molecule has 0 amide bonds. The van der Waals surface area contributed by atoms with Crippen molar-refractivity contribution in [1.29, 1.82) is 0 Å². The van der Waals surface area contributed by atoms with Crippen molar-refractivity contribution in [3.8, 4) is 5.75 Å². The van der Waals surface area contributed by atoms with Gasteiger partial charge in [0.1, 0.15) is 19.0 Å². The zero-order chi connectivity index (χ0) is 21.8. The fourth-order valence-electron chi connectivity index (χ4n) is 2.70. The van der Waals surface area contributed by atoms with Crippen molar-refractivity contribution in [3.63, 3.8) is 0 Å². The van der Waals surface area contributed by atoms with Crippen LogP contribution in [-0.4, -0.2) is 58.6 Å². The molecule has 0 bridgehead atoms. The Balaban J connectivity index is 2.32. The minimum absolute atomic E-state index is 0.00150. The lowest BCUT2D eigenvalue weighted by atomic mass is 9.97. The standard InChI is InChI=1S/C16H19F3N2O8/c1-8-3-9(2)13-10(4-8)5-12(14(29-13)16(17,18)19)15(22)28-11(6-26-20-23)7-27-21(24)25/h3-5,11,14,20,23-25H,6-7H2,1-2H3. The van der Waals surface area contributed by atoms with Gasteiger partial charge in [0.25, 0.3) is 0 Å². The molecule has 1 heterocycles. The van der Waals surface area contributed by atoms with E-state index in [1.54, 1.807) is 26.0 Å². The SMILES string of the molecule is Cc1cc(C)c2c(c1)C=C(C(=O)OC(CONO)CON(O)O)C(C(F)(F)F)O2. The van der Waals surface area contributed by atoms with E-state index in [-0.39, 0.29) is 11.3 Å². The molecular weight excluding hydrogens is 405 g/mol. The number of halogens is 3. The van der Waals surface area contributed by atoms with E-state index in [1.807, 2.05) is 0 Å². The van der Waals surface area contributed by atoms with Crippen molar-refractivity contribution < 1.29 is 52.7 Å². The van der Waals surface area contributed by atoms with Crippen LogP contribution in [0.25, 0.3) is 6.08 Å². The molecule has 13 heteroatoms. The minimum atomic E-state index is -4.91. The Labute approximate surface area is 162 Å². The number of nitrogens with one attached hydrogen (secondary N) is 1. The van der Waals surface area contributed by atoms with E-state index < -0.39 is 48.5 Å². The van der Waals surface area contributed by atoms with E-state index in [0.717, 1.165) is 11.6 Å². The maximum Gasteiger partial charge on any atom is 0.430 e. The summed E-state index contributed by atoms with van der Waals surface area (Å²) < 4.78 is 50.5. The van der Waals surface area contributed by atoms with Crippen LogP contribution in [0.4, 0.5) is 13.2 Å². The van der Waals surface area contributed by atoms with Gasteiger partial charge in [0.15, 0.2) is 6.10 Å². The van der Waals surface area contributed by atoms with Gasteiger partial charge in [-0.3, -0.25) is 20.5 Å². The molecule has 29 heavy (non-hydrogen) atoms. The molecular formula is C16H19F3N2O8. The Morgan fingerprint density at radius 2 is 2.00 bits per heavy atom. The highest BCUT2D eigenvalue weighted by molar-refractivity contribution is 5.96. The van der Waals surface area contributed by atoms with E-state index in [2.05, 4.69) is 9.68 Å². The highest BCUT2D eigenvalue weighted by atomic mass is 19.4. The molecule has 10 nitrogen and oxygen atoms in total. The molecule has 0 fully saturated rings. The van der Waals surface area contributed by atoms with E-state index in [9.17, 15) is 18.0 Å². The molecule has 0 radical (unpaired) electrons. The topological polar surface area (TPSA) is 130 Å². The fraction of sp³-hybridized carbons (Fsp3) is 0.438. The molecule has 0 aromatic heterocycles. The first-order valence-corrected chi connectivity index (χ1v) is 8.11. The number of benzene rings is 1. The van der Waals surface area contributed by atoms with Gasteiger partial charge in [0.2, 0.25) is 6.10 Å². The smallest absolute Gasteiger partial charge is 0.430 e. The number of rotatable bonds is 8. The Morgan fingerprint density at radius 3 is 2.59 bits per heavy atom. The molecule has 0 aliphatic carbocycles. The summed E-state index contributed by atoms with van der Waals surface area (Å²) in [5.74, 6) is -1.40. The van der Waals surface area contributed by atoms with Gasteiger partial charge in [-0.05, 0) is 31.6 Å². The summed E-state index contributed by atoms with van der Waals surface area (Å²) in [5.41, 5.74) is 1.96. The Hall–Kier alpha value is -2.26. The molecule has 1 aliphatic rings. The average molecular weight is 424 g/mol. The number of nitrogens with zero attached hydrogens (tertiary/aromatic N) is 1. The lowest BCUT2D eigenvalue weighted by Crippen LogP contribution is -2.42. The van der Waals surface area contributed by atoms with E-state index in [1.165, 1.54) is 5.64 Å². The van der Waals surface area contributed by atoms with Gasteiger partial charge in [-0.25, -0.2) is 9.63 Å². The number of hydrogen-bond acceptors (Lipinski definition) is 10. The van der Waals surface area contributed by atoms with Gasteiger partial charge in [0.05, 0.1) is 11.0 Å². The maximum atomic E-state index is 13.5. The zero-order valence-corrected chi connectivity index (χ0v) is 15.3. The summed E-state index contributed by atoms with van der Waals surface area (Å²) >= 11 is 0. The van der Waals surface area contributed by atoms with Crippen LogP contribution >= 0.6 is 0 Å². The Bertz CT molecular complexity index is 769. The van der Waals surface area contributed by atoms with Gasteiger partial charge in [-0.1, -0.05) is 17.3 Å². The predicted octanol–water partition coefficient (Wildman–Crippen LogP) is 1.84. The van der Waals surface area contributed by atoms with Crippen LogP contribution in [0.3, 0.4) is 0 Å². The predicted molar refractivity (Wildman–Crippen MR) is 86.5 cm³/mol. The van der Waals surface area contributed by atoms with Crippen LogP contribution in [0, 0.1) is 13.8 Å². The lowest BCUT2D eigenvalue weighted by Gasteiger charge is -2.30. The second-order valence-corrected chi connectivity index (χ2v) is 6.12. The third-order valence-electron chi connectivity index (χ3n) is 3.79. The fourth-order valence-corrected chi connectivity index (χ4v) is 2.70. The van der Waals surface area contributed by atoms with Crippen LogP contribution < -0.4 is 10.4 Å². The average Bonchev–Trinajstić information content (AvgIpc) is 2.61. The van der Waals surface area contributed by atoms with Crippen molar-refractivity contribution in [3.05, 3.63) is 34.4 Å². The van der Waals surface area contributed by atoms with Crippen molar-refractivity contribution in [2.24, 2.45) is 0 Å². The van der Waals surface area contributed by atoms with Gasteiger partial charge >= 0.3 is 12.1 Å². The monoisotopic (exact) mass is 424 g/mol. The molecule has 1 aromatic rings. The van der Waals surface area contributed by atoms with Crippen molar-refractivity contribution in [1.82, 2.24) is 11.0 Å². The molecule has 2 unspecified atom stereocenters. The summed E-state index contributed by atoms with van der Waals surface area (Å²) in [7, 11) is 0. The first-order valence-electron chi connectivity index (χ1n) is 8.11. The summed E-state index contributed by atoms with van der Waals surface area (Å²) in [4.78, 5) is 21.1. The highest BCUT2D eigenvalue weighted by Gasteiger charge is 2.49. The highest BCUT2D eigenvalue weighted by Crippen LogP contribution is 2.39. The van der Waals surface area contributed by atoms with Crippen molar-refractivity contribution in [2.45, 2.75) is 32.2 Å². The van der Waals surface area contributed by atoms with Crippen molar-refractivity contribution >= 4 is 12.0 Å². The van der Waals surface area contributed by atoms with Crippen LogP contribution in [0.5, 0.6) is 5.75 Å².